The Bertz CT molecular complexity index is 294. The second-order valence-corrected chi connectivity index (χ2v) is 3.16. The fraction of sp³-hybridized carbons (Fsp3) is 0.667. The summed E-state index contributed by atoms with van der Waals surface area (Å²) in [5.41, 5.74) is 0. The second kappa shape index (κ2) is 4.20. The quantitative estimate of drug-likeness (QED) is 0.561. The lowest BCUT2D eigenvalue weighted by atomic mass is 10.0. The first-order valence-corrected chi connectivity index (χ1v) is 4.29. The lowest BCUT2D eigenvalue weighted by molar-refractivity contribution is -0.171. The molecule has 1 heterocycles. The molecule has 0 saturated carbocycles. The number of rotatable bonds is 1. The third-order valence-corrected chi connectivity index (χ3v) is 1.95. The molecule has 1 fully saturated rings. The standard InChI is InChI=1S/C9H11NO4/c1-5-9(14-6(2)11)8(12)3-7(4-10)13-5/h5,7,9H,3H2,1-2H3/t5-,7-,9-/m0/s1. The molecule has 5 nitrogen and oxygen atoms in total. The summed E-state index contributed by atoms with van der Waals surface area (Å²) in [6.07, 6.45) is -2.15. The molecule has 1 saturated heterocycles. The molecule has 5 heteroatoms. The van der Waals surface area contributed by atoms with Crippen LogP contribution in [0.3, 0.4) is 0 Å². The van der Waals surface area contributed by atoms with Crippen LogP contribution in [-0.4, -0.2) is 30.1 Å². The van der Waals surface area contributed by atoms with Gasteiger partial charge in [0.1, 0.15) is 6.10 Å². The fourth-order valence-corrected chi connectivity index (χ4v) is 1.36. The van der Waals surface area contributed by atoms with E-state index >= 15 is 0 Å². The summed E-state index contributed by atoms with van der Waals surface area (Å²) in [7, 11) is 0. The Hall–Kier alpha value is -1.41. The topological polar surface area (TPSA) is 76.4 Å². The van der Waals surface area contributed by atoms with E-state index in [9.17, 15) is 9.59 Å². The molecular weight excluding hydrogens is 186 g/mol. The first-order chi connectivity index (χ1) is 6.54. The van der Waals surface area contributed by atoms with E-state index in [1.807, 2.05) is 6.07 Å². The average molecular weight is 197 g/mol. The largest absolute Gasteiger partial charge is 0.452 e. The zero-order valence-corrected chi connectivity index (χ0v) is 8.02. The number of Topliss-reactive ketones (excluding diaryl/α,β-unsaturated/α-hetero) is 1. The van der Waals surface area contributed by atoms with Crippen molar-refractivity contribution in [1.29, 1.82) is 5.26 Å². The van der Waals surface area contributed by atoms with Gasteiger partial charge >= 0.3 is 5.97 Å². The molecule has 0 aliphatic carbocycles. The van der Waals surface area contributed by atoms with Crippen LogP contribution in [0, 0.1) is 11.3 Å². The number of hydrogen-bond acceptors (Lipinski definition) is 5. The first-order valence-electron chi connectivity index (χ1n) is 4.29. The highest BCUT2D eigenvalue weighted by atomic mass is 16.6. The van der Waals surface area contributed by atoms with Crippen LogP contribution in [-0.2, 0) is 19.1 Å². The normalized spacial score (nSPS) is 32.1. The first kappa shape index (κ1) is 10.7. The van der Waals surface area contributed by atoms with Gasteiger partial charge in [0.15, 0.2) is 18.0 Å². The van der Waals surface area contributed by atoms with Gasteiger partial charge in [-0.3, -0.25) is 9.59 Å². The Morgan fingerprint density at radius 1 is 1.71 bits per heavy atom. The molecule has 0 spiro atoms. The van der Waals surface area contributed by atoms with Crippen LogP contribution in [0.1, 0.15) is 20.3 Å². The Labute approximate surface area is 81.6 Å². The fourth-order valence-electron chi connectivity index (χ4n) is 1.36. The van der Waals surface area contributed by atoms with Crippen LogP contribution in [0.25, 0.3) is 0 Å². The van der Waals surface area contributed by atoms with Crippen molar-refractivity contribution in [3.63, 3.8) is 0 Å². The molecule has 1 aliphatic rings. The third kappa shape index (κ3) is 2.30. The SMILES string of the molecule is CC(=O)O[C@@H]1C(=O)C[C@@H](C#N)O[C@H]1C. The molecule has 1 aliphatic heterocycles. The average Bonchev–Trinajstić information content (AvgIpc) is 2.10. The molecule has 76 valence electrons. The molecule has 1 rings (SSSR count). The summed E-state index contributed by atoms with van der Waals surface area (Å²) in [6.45, 7) is 2.84. The number of carbonyl (C=O) groups excluding carboxylic acids is 2. The molecule has 0 aromatic heterocycles. The lowest BCUT2D eigenvalue weighted by Gasteiger charge is -2.29. The van der Waals surface area contributed by atoms with Crippen LogP contribution in [0.5, 0.6) is 0 Å². The van der Waals surface area contributed by atoms with Gasteiger partial charge in [0.25, 0.3) is 0 Å². The van der Waals surface area contributed by atoms with Crippen molar-refractivity contribution in [3.8, 4) is 6.07 Å². The molecular formula is C9H11NO4. The van der Waals surface area contributed by atoms with Crippen molar-refractivity contribution >= 4 is 11.8 Å². The van der Waals surface area contributed by atoms with E-state index < -0.39 is 24.3 Å². The Morgan fingerprint density at radius 3 is 2.79 bits per heavy atom. The molecule has 0 radical (unpaired) electrons. The van der Waals surface area contributed by atoms with E-state index in [1.54, 1.807) is 6.92 Å². The van der Waals surface area contributed by atoms with E-state index in [1.165, 1.54) is 6.92 Å². The van der Waals surface area contributed by atoms with Crippen molar-refractivity contribution in [2.24, 2.45) is 0 Å². The number of hydrogen-bond donors (Lipinski definition) is 0. The van der Waals surface area contributed by atoms with E-state index in [-0.39, 0.29) is 12.2 Å². The number of nitriles is 1. The summed E-state index contributed by atoms with van der Waals surface area (Å²) in [6, 6.07) is 1.86. The van der Waals surface area contributed by atoms with E-state index in [0.29, 0.717) is 0 Å². The summed E-state index contributed by atoms with van der Waals surface area (Å²) >= 11 is 0. The van der Waals surface area contributed by atoms with Crippen molar-refractivity contribution < 1.29 is 19.1 Å². The maximum atomic E-state index is 11.4. The zero-order valence-electron chi connectivity index (χ0n) is 8.02. The predicted molar refractivity (Wildman–Crippen MR) is 45.1 cm³/mol. The Kier molecular flexibility index (Phi) is 3.20. The van der Waals surface area contributed by atoms with E-state index in [2.05, 4.69) is 0 Å². The van der Waals surface area contributed by atoms with E-state index in [0.717, 1.165) is 0 Å². The maximum absolute atomic E-state index is 11.4. The summed E-state index contributed by atoms with van der Waals surface area (Å²) in [5, 5.41) is 8.56. The molecule has 0 amide bonds. The van der Waals surface area contributed by atoms with Gasteiger partial charge in [-0.25, -0.2) is 0 Å². The number of ether oxygens (including phenoxy) is 2. The van der Waals surface area contributed by atoms with Gasteiger partial charge in [-0.2, -0.15) is 5.26 Å². The lowest BCUT2D eigenvalue weighted by Crippen LogP contribution is -2.45. The molecule has 0 unspecified atom stereocenters. The Morgan fingerprint density at radius 2 is 2.36 bits per heavy atom. The molecule has 0 aromatic carbocycles. The molecule has 0 bridgehead atoms. The minimum Gasteiger partial charge on any atom is -0.452 e. The summed E-state index contributed by atoms with van der Waals surface area (Å²) in [4.78, 5) is 22.1. The highest BCUT2D eigenvalue weighted by Crippen LogP contribution is 2.18. The molecule has 0 N–H and O–H groups in total. The van der Waals surface area contributed by atoms with Gasteiger partial charge in [0, 0.05) is 6.92 Å². The van der Waals surface area contributed by atoms with Gasteiger partial charge in [-0.1, -0.05) is 0 Å². The molecule has 14 heavy (non-hydrogen) atoms. The van der Waals surface area contributed by atoms with Crippen molar-refractivity contribution in [1.82, 2.24) is 0 Å². The number of esters is 1. The predicted octanol–water partition coefficient (Wildman–Crippen LogP) is 0.188. The van der Waals surface area contributed by atoms with Gasteiger partial charge < -0.3 is 9.47 Å². The third-order valence-electron chi connectivity index (χ3n) is 1.95. The van der Waals surface area contributed by atoms with Crippen LogP contribution in [0.4, 0.5) is 0 Å². The molecule has 3 atom stereocenters. The van der Waals surface area contributed by atoms with Gasteiger partial charge in [0.05, 0.1) is 12.5 Å². The second-order valence-electron chi connectivity index (χ2n) is 3.16. The number of carbonyl (C=O) groups is 2. The van der Waals surface area contributed by atoms with Crippen LogP contribution in [0.15, 0.2) is 0 Å². The highest BCUT2D eigenvalue weighted by Gasteiger charge is 2.37. The van der Waals surface area contributed by atoms with Crippen LogP contribution in [0.2, 0.25) is 0 Å². The van der Waals surface area contributed by atoms with Gasteiger partial charge in [-0.05, 0) is 6.92 Å². The van der Waals surface area contributed by atoms with Crippen molar-refractivity contribution in [2.45, 2.75) is 38.6 Å². The summed E-state index contributed by atoms with van der Waals surface area (Å²) in [5.74, 6) is -0.778. The van der Waals surface area contributed by atoms with Gasteiger partial charge in [0.2, 0.25) is 0 Å². The number of ketones is 1. The maximum Gasteiger partial charge on any atom is 0.303 e. The van der Waals surface area contributed by atoms with Crippen LogP contribution >= 0.6 is 0 Å². The minimum absolute atomic E-state index is 0.0151. The minimum atomic E-state index is -0.864. The van der Waals surface area contributed by atoms with Gasteiger partial charge in [-0.15, -0.1) is 0 Å². The monoisotopic (exact) mass is 197 g/mol. The van der Waals surface area contributed by atoms with E-state index in [4.69, 9.17) is 14.7 Å². The zero-order chi connectivity index (χ0) is 10.7. The Balaban J connectivity index is 2.66. The smallest absolute Gasteiger partial charge is 0.303 e. The van der Waals surface area contributed by atoms with Crippen LogP contribution < -0.4 is 0 Å². The highest BCUT2D eigenvalue weighted by molar-refractivity contribution is 5.87. The molecule has 0 aromatic rings. The number of nitrogens with zero attached hydrogens (tertiary/aromatic N) is 1. The summed E-state index contributed by atoms with van der Waals surface area (Å²) < 4.78 is 9.95. The van der Waals surface area contributed by atoms with Crippen molar-refractivity contribution in [3.05, 3.63) is 0 Å². The van der Waals surface area contributed by atoms with Crippen molar-refractivity contribution in [2.75, 3.05) is 0 Å².